The van der Waals surface area contributed by atoms with Gasteiger partial charge in [0.15, 0.2) is 0 Å². The monoisotopic (exact) mass is 297 g/mol. The molecule has 0 unspecified atom stereocenters. The Hall–Kier alpha value is -1.30. The van der Waals surface area contributed by atoms with Crippen molar-refractivity contribution in [3.8, 4) is 0 Å². The van der Waals surface area contributed by atoms with Gasteiger partial charge in [-0.3, -0.25) is 4.79 Å². The number of rotatable bonds is 8. The molecule has 1 aromatic rings. The first-order chi connectivity index (χ1) is 9.62. The van der Waals surface area contributed by atoms with Crippen LogP contribution in [-0.4, -0.2) is 34.8 Å². The van der Waals surface area contributed by atoms with Crippen LogP contribution in [0.1, 0.15) is 38.6 Å². The van der Waals surface area contributed by atoms with E-state index in [0.29, 0.717) is 6.61 Å². The van der Waals surface area contributed by atoms with Gasteiger partial charge >= 0.3 is 5.97 Å². The average molecular weight is 297 g/mol. The molecule has 1 heterocycles. The van der Waals surface area contributed by atoms with Crippen molar-refractivity contribution in [2.45, 2.75) is 45.6 Å². The molecular formula is C14H23N3O2S. The Morgan fingerprint density at radius 3 is 2.65 bits per heavy atom. The van der Waals surface area contributed by atoms with Crippen LogP contribution in [0, 0.1) is 6.92 Å². The molecule has 0 aliphatic carbocycles. The summed E-state index contributed by atoms with van der Waals surface area (Å²) in [6, 6.07) is 0. The molecule has 1 N–H and O–H groups in total. The van der Waals surface area contributed by atoms with E-state index in [4.69, 9.17) is 4.74 Å². The average Bonchev–Trinajstić information content (AvgIpc) is 2.41. The van der Waals surface area contributed by atoms with Crippen LogP contribution in [0.5, 0.6) is 0 Å². The fourth-order valence-corrected chi connectivity index (χ4v) is 2.51. The van der Waals surface area contributed by atoms with Crippen LogP contribution in [0.15, 0.2) is 5.03 Å². The van der Waals surface area contributed by atoms with Gasteiger partial charge in [-0.05, 0) is 27.2 Å². The summed E-state index contributed by atoms with van der Waals surface area (Å²) >= 11 is 1.41. The molecule has 0 bridgehead atoms. The second-order valence-corrected chi connectivity index (χ2v) is 5.26. The van der Waals surface area contributed by atoms with Gasteiger partial charge in [0.05, 0.1) is 12.4 Å². The zero-order valence-corrected chi connectivity index (χ0v) is 13.5. The zero-order chi connectivity index (χ0) is 15.0. The molecule has 0 amide bonds. The van der Waals surface area contributed by atoms with E-state index < -0.39 is 0 Å². The number of ether oxygens (including phenoxy) is 1. The predicted molar refractivity (Wildman–Crippen MR) is 82.3 cm³/mol. The Kier molecular flexibility index (Phi) is 7.36. The van der Waals surface area contributed by atoms with Gasteiger partial charge in [-0.2, -0.15) is 0 Å². The molecule has 6 heteroatoms. The molecule has 20 heavy (non-hydrogen) atoms. The van der Waals surface area contributed by atoms with E-state index >= 15 is 0 Å². The standard InChI is InChI=1S/C14H23N3O2S/c1-5-8-11-16-13(15-6-2)10(4)14(17-11)20-9-12(18)19-7-3/h5-9H2,1-4H3,(H,15,16,17). The van der Waals surface area contributed by atoms with Gasteiger partial charge in [0.2, 0.25) is 0 Å². The van der Waals surface area contributed by atoms with Crippen LogP contribution < -0.4 is 5.32 Å². The number of carbonyl (C=O) groups excluding carboxylic acids is 1. The maximum Gasteiger partial charge on any atom is 0.316 e. The highest BCUT2D eigenvalue weighted by Gasteiger charge is 2.12. The van der Waals surface area contributed by atoms with Crippen molar-refractivity contribution in [1.82, 2.24) is 9.97 Å². The highest BCUT2D eigenvalue weighted by atomic mass is 32.2. The second kappa shape index (κ2) is 8.79. The maximum absolute atomic E-state index is 11.4. The number of carbonyl (C=O) groups is 1. The Bertz CT molecular complexity index is 452. The summed E-state index contributed by atoms with van der Waals surface area (Å²) in [6.45, 7) is 9.13. The fourth-order valence-electron chi connectivity index (χ4n) is 1.69. The van der Waals surface area contributed by atoms with Crippen molar-refractivity contribution >= 4 is 23.5 Å². The molecule has 0 aliphatic heterocycles. The second-order valence-electron chi connectivity index (χ2n) is 4.29. The molecule has 0 aliphatic rings. The van der Waals surface area contributed by atoms with Crippen molar-refractivity contribution < 1.29 is 9.53 Å². The predicted octanol–water partition coefficient (Wildman–Crippen LogP) is 2.82. The molecule has 0 aromatic carbocycles. The molecule has 112 valence electrons. The van der Waals surface area contributed by atoms with E-state index in [1.807, 2.05) is 13.8 Å². The molecule has 5 nitrogen and oxygen atoms in total. The summed E-state index contributed by atoms with van der Waals surface area (Å²) in [6.07, 6.45) is 1.84. The van der Waals surface area contributed by atoms with Gasteiger partial charge in [0.1, 0.15) is 16.7 Å². The topological polar surface area (TPSA) is 64.1 Å². The molecule has 0 radical (unpaired) electrons. The Balaban J connectivity index is 2.88. The third kappa shape index (κ3) is 5.00. The first kappa shape index (κ1) is 16.8. The number of anilines is 1. The van der Waals surface area contributed by atoms with Crippen molar-refractivity contribution in [2.24, 2.45) is 0 Å². The molecule has 1 aromatic heterocycles. The van der Waals surface area contributed by atoms with E-state index in [2.05, 4.69) is 22.2 Å². The van der Waals surface area contributed by atoms with Gasteiger partial charge in [-0.25, -0.2) is 9.97 Å². The van der Waals surface area contributed by atoms with Gasteiger partial charge in [0.25, 0.3) is 0 Å². The minimum atomic E-state index is -0.211. The van der Waals surface area contributed by atoms with Crippen molar-refractivity contribution in [3.05, 3.63) is 11.4 Å². The van der Waals surface area contributed by atoms with Crippen LogP contribution in [-0.2, 0) is 16.0 Å². The van der Waals surface area contributed by atoms with Crippen molar-refractivity contribution in [1.29, 1.82) is 0 Å². The lowest BCUT2D eigenvalue weighted by atomic mass is 10.3. The summed E-state index contributed by atoms with van der Waals surface area (Å²) < 4.78 is 4.94. The maximum atomic E-state index is 11.4. The summed E-state index contributed by atoms with van der Waals surface area (Å²) in [4.78, 5) is 20.5. The minimum absolute atomic E-state index is 0.211. The van der Waals surface area contributed by atoms with Crippen molar-refractivity contribution in [2.75, 3.05) is 24.2 Å². The number of nitrogens with zero attached hydrogens (tertiary/aromatic N) is 2. The quantitative estimate of drug-likeness (QED) is 0.452. The van der Waals surface area contributed by atoms with Gasteiger partial charge < -0.3 is 10.1 Å². The third-order valence-corrected chi connectivity index (χ3v) is 3.65. The lowest BCUT2D eigenvalue weighted by molar-refractivity contribution is -0.139. The summed E-state index contributed by atoms with van der Waals surface area (Å²) in [5, 5.41) is 4.10. The minimum Gasteiger partial charge on any atom is -0.465 e. The van der Waals surface area contributed by atoms with Gasteiger partial charge in [0, 0.05) is 18.5 Å². The fraction of sp³-hybridized carbons (Fsp3) is 0.643. The van der Waals surface area contributed by atoms with E-state index in [-0.39, 0.29) is 11.7 Å². The molecule has 0 saturated carbocycles. The normalized spacial score (nSPS) is 10.4. The van der Waals surface area contributed by atoms with Crippen LogP contribution in [0.4, 0.5) is 5.82 Å². The van der Waals surface area contributed by atoms with E-state index in [1.165, 1.54) is 11.8 Å². The molecular weight excluding hydrogens is 274 g/mol. The SMILES string of the molecule is CCCc1nc(NCC)c(C)c(SCC(=O)OCC)n1. The number of nitrogens with one attached hydrogen (secondary N) is 1. The molecule has 0 spiro atoms. The molecule has 0 atom stereocenters. The van der Waals surface area contributed by atoms with Crippen LogP contribution in [0.2, 0.25) is 0 Å². The summed E-state index contributed by atoms with van der Waals surface area (Å²) in [5.74, 6) is 1.75. The summed E-state index contributed by atoms with van der Waals surface area (Å²) in [7, 11) is 0. The van der Waals surface area contributed by atoms with Gasteiger partial charge in [-0.15, -0.1) is 0 Å². The van der Waals surface area contributed by atoms with Crippen LogP contribution in [0.3, 0.4) is 0 Å². The smallest absolute Gasteiger partial charge is 0.316 e. The first-order valence-electron chi connectivity index (χ1n) is 7.02. The van der Waals surface area contributed by atoms with E-state index in [1.54, 1.807) is 6.92 Å². The van der Waals surface area contributed by atoms with Crippen molar-refractivity contribution in [3.63, 3.8) is 0 Å². The Morgan fingerprint density at radius 2 is 2.05 bits per heavy atom. The van der Waals surface area contributed by atoms with E-state index in [9.17, 15) is 4.79 Å². The zero-order valence-electron chi connectivity index (χ0n) is 12.7. The largest absolute Gasteiger partial charge is 0.465 e. The molecule has 0 fully saturated rings. The lowest BCUT2D eigenvalue weighted by Crippen LogP contribution is -2.10. The lowest BCUT2D eigenvalue weighted by Gasteiger charge is -2.12. The molecule has 0 saturated heterocycles. The Morgan fingerprint density at radius 1 is 1.30 bits per heavy atom. The highest BCUT2D eigenvalue weighted by molar-refractivity contribution is 7.99. The number of hydrogen-bond acceptors (Lipinski definition) is 6. The Labute approximate surface area is 124 Å². The third-order valence-electron chi connectivity index (χ3n) is 2.60. The highest BCUT2D eigenvalue weighted by Crippen LogP contribution is 2.25. The molecule has 1 rings (SSSR count). The number of thioether (sulfide) groups is 1. The number of aryl methyl sites for hydroxylation is 1. The number of esters is 1. The van der Waals surface area contributed by atoms with Gasteiger partial charge in [-0.1, -0.05) is 18.7 Å². The van der Waals surface area contributed by atoms with E-state index in [0.717, 1.165) is 41.6 Å². The first-order valence-corrected chi connectivity index (χ1v) is 8.00. The van der Waals surface area contributed by atoms with Crippen LogP contribution in [0.25, 0.3) is 0 Å². The number of aromatic nitrogens is 2. The van der Waals surface area contributed by atoms with Crippen LogP contribution >= 0.6 is 11.8 Å². The summed E-state index contributed by atoms with van der Waals surface area (Å²) in [5.41, 5.74) is 0.987. The number of hydrogen-bond donors (Lipinski definition) is 1.